The van der Waals surface area contributed by atoms with E-state index in [2.05, 4.69) is 0 Å². The van der Waals surface area contributed by atoms with Gasteiger partial charge in [0.25, 0.3) is 6.43 Å². The Labute approximate surface area is 108 Å². The highest BCUT2D eigenvalue weighted by atomic mass is 19.3. The summed E-state index contributed by atoms with van der Waals surface area (Å²) in [6, 6.07) is 11.6. The smallest absolute Gasteiger partial charge is 0.339 e. The van der Waals surface area contributed by atoms with Crippen LogP contribution in [-0.2, 0) is 0 Å². The first-order chi connectivity index (χ1) is 9.08. The molecule has 0 spiro atoms. The highest BCUT2D eigenvalue weighted by Gasteiger charge is 2.16. The molecule has 5 heteroatoms. The molecule has 98 valence electrons. The summed E-state index contributed by atoms with van der Waals surface area (Å²) in [4.78, 5) is 11.0. The van der Waals surface area contributed by atoms with E-state index < -0.39 is 12.4 Å². The van der Waals surface area contributed by atoms with Gasteiger partial charge in [-0.3, -0.25) is 0 Å². The van der Waals surface area contributed by atoms with E-state index in [-0.39, 0.29) is 16.9 Å². The molecule has 1 N–H and O–H groups in total. The first kappa shape index (κ1) is 13.0. The van der Waals surface area contributed by atoms with Crippen molar-refractivity contribution in [1.82, 2.24) is 0 Å². The molecule has 0 aliphatic rings. The summed E-state index contributed by atoms with van der Waals surface area (Å²) >= 11 is 0. The van der Waals surface area contributed by atoms with E-state index in [0.717, 1.165) is 18.2 Å². The van der Waals surface area contributed by atoms with E-state index in [0.29, 0.717) is 5.75 Å². The van der Waals surface area contributed by atoms with Gasteiger partial charge in [0.2, 0.25) is 0 Å². The van der Waals surface area contributed by atoms with Crippen molar-refractivity contribution in [3.63, 3.8) is 0 Å². The molecule has 3 nitrogen and oxygen atoms in total. The number of carbonyl (C=O) groups is 1. The van der Waals surface area contributed by atoms with Gasteiger partial charge < -0.3 is 9.84 Å². The Kier molecular flexibility index (Phi) is 3.75. The van der Waals surface area contributed by atoms with Gasteiger partial charge in [-0.2, -0.15) is 0 Å². The third kappa shape index (κ3) is 3.07. The average Bonchev–Trinajstić information content (AvgIpc) is 2.39. The zero-order valence-electron chi connectivity index (χ0n) is 9.72. The van der Waals surface area contributed by atoms with Gasteiger partial charge in [-0.15, -0.1) is 0 Å². The Bertz CT molecular complexity index is 582. The Morgan fingerprint density at radius 3 is 2.37 bits per heavy atom. The van der Waals surface area contributed by atoms with E-state index in [9.17, 15) is 13.6 Å². The first-order valence-corrected chi connectivity index (χ1v) is 5.46. The fourth-order valence-electron chi connectivity index (χ4n) is 1.55. The van der Waals surface area contributed by atoms with Gasteiger partial charge in [-0.1, -0.05) is 24.3 Å². The van der Waals surface area contributed by atoms with E-state index in [1.807, 2.05) is 0 Å². The maximum absolute atomic E-state index is 12.6. The van der Waals surface area contributed by atoms with Crippen molar-refractivity contribution >= 4 is 5.97 Å². The lowest BCUT2D eigenvalue weighted by Gasteiger charge is -2.10. The lowest BCUT2D eigenvalue weighted by atomic mass is 10.1. The van der Waals surface area contributed by atoms with Crippen LogP contribution in [0.1, 0.15) is 22.3 Å². The molecule has 2 aromatic rings. The third-order valence-corrected chi connectivity index (χ3v) is 2.46. The molecule has 0 atom stereocenters. The third-order valence-electron chi connectivity index (χ3n) is 2.46. The topological polar surface area (TPSA) is 46.5 Å². The van der Waals surface area contributed by atoms with E-state index in [4.69, 9.17) is 9.84 Å². The zero-order chi connectivity index (χ0) is 13.8. The van der Waals surface area contributed by atoms with Crippen LogP contribution in [0.4, 0.5) is 8.78 Å². The maximum atomic E-state index is 12.6. The quantitative estimate of drug-likeness (QED) is 0.903. The van der Waals surface area contributed by atoms with Crippen molar-refractivity contribution in [2.24, 2.45) is 0 Å². The minimum atomic E-state index is -2.68. The largest absolute Gasteiger partial charge is 0.478 e. The highest BCUT2D eigenvalue weighted by Crippen LogP contribution is 2.30. The molecule has 0 aliphatic heterocycles. The molecule has 0 fully saturated rings. The monoisotopic (exact) mass is 264 g/mol. The predicted octanol–water partition coefficient (Wildman–Crippen LogP) is 4.11. The highest BCUT2D eigenvalue weighted by molar-refractivity contribution is 5.91. The number of carboxylic acid groups (broad SMARTS) is 1. The summed E-state index contributed by atoms with van der Waals surface area (Å²) < 4.78 is 30.6. The minimum absolute atomic E-state index is 0.100. The lowest BCUT2D eigenvalue weighted by molar-refractivity contribution is 0.0693. The molecule has 0 heterocycles. The van der Waals surface area contributed by atoms with Crippen LogP contribution in [0.15, 0.2) is 48.5 Å². The summed E-state index contributed by atoms with van der Waals surface area (Å²) in [5.74, 6) is -0.945. The van der Waals surface area contributed by atoms with Crippen molar-refractivity contribution in [2.75, 3.05) is 0 Å². The number of aromatic carboxylic acids is 1. The number of hydrogen-bond donors (Lipinski definition) is 1. The van der Waals surface area contributed by atoms with Crippen molar-refractivity contribution in [3.05, 3.63) is 59.7 Å². The number of halogens is 2. The summed E-state index contributed by atoms with van der Waals surface area (Å²) in [7, 11) is 0. The van der Waals surface area contributed by atoms with E-state index >= 15 is 0 Å². The second-order valence-electron chi connectivity index (χ2n) is 3.78. The zero-order valence-corrected chi connectivity index (χ0v) is 9.72. The Balaban J connectivity index is 2.41. The summed E-state index contributed by atoms with van der Waals surface area (Å²) in [5, 5.41) is 9.01. The standard InChI is InChI=1S/C14H10F2O3/c15-13(16)9-6-7-11(14(17)18)12(8-9)19-10-4-2-1-3-5-10/h1-8,13H,(H,17,18). The van der Waals surface area contributed by atoms with Crippen molar-refractivity contribution in [2.45, 2.75) is 6.43 Å². The van der Waals surface area contributed by atoms with Crippen LogP contribution >= 0.6 is 0 Å². The van der Waals surface area contributed by atoms with Crippen molar-refractivity contribution < 1.29 is 23.4 Å². The van der Waals surface area contributed by atoms with Gasteiger partial charge in [0.1, 0.15) is 17.1 Å². The molecule has 0 aliphatic carbocycles. The van der Waals surface area contributed by atoms with Crippen molar-refractivity contribution in [3.8, 4) is 11.5 Å². The van der Waals surface area contributed by atoms with Crippen LogP contribution in [0, 0.1) is 0 Å². The molecule has 0 saturated carbocycles. The van der Waals surface area contributed by atoms with Gasteiger partial charge in [0.15, 0.2) is 0 Å². The molecule has 0 bridgehead atoms. The van der Waals surface area contributed by atoms with E-state index in [1.54, 1.807) is 30.3 Å². The normalized spacial score (nSPS) is 10.5. The Hall–Kier alpha value is -2.43. The number of benzene rings is 2. The Morgan fingerprint density at radius 2 is 1.79 bits per heavy atom. The van der Waals surface area contributed by atoms with Gasteiger partial charge in [0.05, 0.1) is 0 Å². The number of alkyl halides is 2. The molecule has 0 aromatic heterocycles. The molecule has 0 radical (unpaired) electrons. The van der Waals surface area contributed by atoms with Gasteiger partial charge in [-0.05, 0) is 24.3 Å². The fourth-order valence-corrected chi connectivity index (χ4v) is 1.55. The van der Waals surface area contributed by atoms with Crippen molar-refractivity contribution in [1.29, 1.82) is 0 Å². The summed E-state index contributed by atoms with van der Waals surface area (Å²) in [6.45, 7) is 0. The lowest BCUT2D eigenvalue weighted by Crippen LogP contribution is -2.01. The average molecular weight is 264 g/mol. The molecule has 19 heavy (non-hydrogen) atoms. The second kappa shape index (κ2) is 5.48. The minimum Gasteiger partial charge on any atom is -0.478 e. The molecule has 2 rings (SSSR count). The Morgan fingerprint density at radius 1 is 1.11 bits per heavy atom. The van der Waals surface area contributed by atoms with Crippen LogP contribution in [-0.4, -0.2) is 11.1 Å². The fraction of sp³-hybridized carbons (Fsp3) is 0.0714. The molecular weight excluding hydrogens is 254 g/mol. The van der Waals surface area contributed by atoms with Gasteiger partial charge in [-0.25, -0.2) is 13.6 Å². The number of para-hydroxylation sites is 1. The van der Waals surface area contributed by atoms with Crippen LogP contribution in [0.3, 0.4) is 0 Å². The molecule has 0 saturated heterocycles. The number of rotatable bonds is 4. The van der Waals surface area contributed by atoms with Crippen LogP contribution in [0.5, 0.6) is 11.5 Å². The SMILES string of the molecule is O=C(O)c1ccc(C(F)F)cc1Oc1ccccc1. The van der Waals surface area contributed by atoms with E-state index in [1.165, 1.54) is 0 Å². The number of hydrogen-bond acceptors (Lipinski definition) is 2. The molecule has 0 unspecified atom stereocenters. The van der Waals surface area contributed by atoms with Crippen LogP contribution in [0.25, 0.3) is 0 Å². The molecule has 0 amide bonds. The number of ether oxygens (including phenoxy) is 1. The van der Waals surface area contributed by atoms with Gasteiger partial charge in [0, 0.05) is 5.56 Å². The summed E-state index contributed by atoms with van der Waals surface area (Å²) in [6.07, 6.45) is -2.68. The molecule has 2 aromatic carbocycles. The summed E-state index contributed by atoms with van der Waals surface area (Å²) in [5.41, 5.74) is -0.441. The maximum Gasteiger partial charge on any atom is 0.339 e. The number of carboxylic acids is 1. The van der Waals surface area contributed by atoms with Crippen LogP contribution in [0.2, 0.25) is 0 Å². The van der Waals surface area contributed by atoms with Gasteiger partial charge >= 0.3 is 5.97 Å². The predicted molar refractivity (Wildman–Crippen MR) is 64.9 cm³/mol. The first-order valence-electron chi connectivity index (χ1n) is 5.46. The molecular formula is C14H10F2O3. The second-order valence-corrected chi connectivity index (χ2v) is 3.78. The van der Waals surface area contributed by atoms with Crippen LogP contribution < -0.4 is 4.74 Å².